The van der Waals surface area contributed by atoms with Gasteiger partial charge in [0.25, 0.3) is 5.91 Å². The van der Waals surface area contributed by atoms with Gasteiger partial charge in [0.2, 0.25) is 0 Å². The molecule has 5 nitrogen and oxygen atoms in total. The van der Waals surface area contributed by atoms with Crippen molar-refractivity contribution in [3.63, 3.8) is 0 Å². The molecule has 0 aromatic carbocycles. The number of ether oxygens (including phenoxy) is 1. The Morgan fingerprint density at radius 1 is 1.39 bits per heavy atom. The van der Waals surface area contributed by atoms with Crippen molar-refractivity contribution >= 4 is 5.91 Å². The van der Waals surface area contributed by atoms with E-state index in [9.17, 15) is 4.79 Å². The maximum atomic E-state index is 12.1. The summed E-state index contributed by atoms with van der Waals surface area (Å²) in [5, 5.41) is 0. The Morgan fingerprint density at radius 3 is 2.72 bits per heavy atom. The van der Waals surface area contributed by atoms with Crippen LogP contribution in [0.2, 0.25) is 0 Å². The number of pyridine rings is 1. The molecule has 0 fully saturated rings. The molecule has 0 atom stereocenters. The Bertz CT molecular complexity index is 387. The molecule has 1 aromatic heterocycles. The van der Waals surface area contributed by atoms with Crippen molar-refractivity contribution in [2.24, 2.45) is 5.73 Å². The second kappa shape index (κ2) is 7.08. The van der Waals surface area contributed by atoms with Gasteiger partial charge in [0.1, 0.15) is 5.69 Å². The number of carbonyl (C=O) groups excluding carboxylic acids is 1. The summed E-state index contributed by atoms with van der Waals surface area (Å²) in [5.41, 5.74) is 7.69. The topological polar surface area (TPSA) is 68.5 Å². The van der Waals surface area contributed by atoms with Crippen LogP contribution in [0.5, 0.6) is 0 Å². The molecule has 1 aromatic rings. The zero-order chi connectivity index (χ0) is 13.5. The third-order valence-corrected chi connectivity index (χ3v) is 2.50. The van der Waals surface area contributed by atoms with Crippen LogP contribution in [0.4, 0.5) is 0 Å². The first-order valence-corrected chi connectivity index (χ1v) is 6.03. The molecule has 5 heteroatoms. The van der Waals surface area contributed by atoms with Crippen LogP contribution in [0, 0.1) is 13.8 Å². The fraction of sp³-hybridized carbons (Fsp3) is 0.538. The molecule has 18 heavy (non-hydrogen) atoms. The van der Waals surface area contributed by atoms with E-state index in [1.807, 2.05) is 19.9 Å². The van der Waals surface area contributed by atoms with Gasteiger partial charge in [-0.3, -0.25) is 4.79 Å². The third kappa shape index (κ3) is 4.43. The first kappa shape index (κ1) is 14.6. The van der Waals surface area contributed by atoms with Crippen molar-refractivity contribution in [3.05, 3.63) is 29.1 Å². The molecule has 0 aliphatic carbocycles. The SMILES string of the molecule is Cc1cc(C)nc(C(=O)N(C)CCOCCN)c1. The van der Waals surface area contributed by atoms with E-state index in [0.717, 1.165) is 11.3 Å². The number of aromatic nitrogens is 1. The van der Waals surface area contributed by atoms with Gasteiger partial charge in [-0.15, -0.1) is 0 Å². The average molecular weight is 251 g/mol. The Labute approximate surface area is 108 Å². The van der Waals surface area contributed by atoms with Crippen LogP contribution in [-0.2, 0) is 4.74 Å². The Morgan fingerprint density at radius 2 is 2.11 bits per heavy atom. The van der Waals surface area contributed by atoms with Gasteiger partial charge in [-0.05, 0) is 31.5 Å². The van der Waals surface area contributed by atoms with Crippen LogP contribution in [0.3, 0.4) is 0 Å². The fourth-order valence-corrected chi connectivity index (χ4v) is 1.63. The summed E-state index contributed by atoms with van der Waals surface area (Å²) < 4.78 is 5.25. The van der Waals surface area contributed by atoms with E-state index in [4.69, 9.17) is 10.5 Å². The Kier molecular flexibility index (Phi) is 5.74. The maximum absolute atomic E-state index is 12.1. The van der Waals surface area contributed by atoms with Gasteiger partial charge in [0.05, 0.1) is 13.2 Å². The molecule has 2 N–H and O–H groups in total. The highest BCUT2D eigenvalue weighted by Crippen LogP contribution is 2.06. The summed E-state index contributed by atoms with van der Waals surface area (Å²) >= 11 is 0. The van der Waals surface area contributed by atoms with Crippen molar-refractivity contribution < 1.29 is 9.53 Å². The summed E-state index contributed by atoms with van der Waals surface area (Å²) in [6.07, 6.45) is 0. The number of nitrogens with two attached hydrogens (primary N) is 1. The average Bonchev–Trinajstić information content (AvgIpc) is 2.32. The Hall–Kier alpha value is -1.46. The molecular formula is C13H21N3O2. The minimum Gasteiger partial charge on any atom is -0.378 e. The number of nitrogens with zero attached hydrogens (tertiary/aromatic N) is 2. The molecule has 0 saturated carbocycles. The molecule has 0 spiro atoms. The second-order valence-electron chi connectivity index (χ2n) is 4.30. The number of carbonyl (C=O) groups is 1. The zero-order valence-electron chi connectivity index (χ0n) is 11.3. The predicted octanol–water partition coefficient (Wildman–Crippen LogP) is 0.746. The van der Waals surface area contributed by atoms with Gasteiger partial charge in [-0.25, -0.2) is 4.98 Å². The minimum atomic E-state index is -0.0850. The lowest BCUT2D eigenvalue weighted by Crippen LogP contribution is -2.31. The molecule has 0 bridgehead atoms. The van der Waals surface area contributed by atoms with Crippen molar-refractivity contribution in [2.75, 3.05) is 33.4 Å². The van der Waals surface area contributed by atoms with Gasteiger partial charge >= 0.3 is 0 Å². The maximum Gasteiger partial charge on any atom is 0.272 e. The normalized spacial score (nSPS) is 10.4. The minimum absolute atomic E-state index is 0.0850. The van der Waals surface area contributed by atoms with Crippen molar-refractivity contribution in [1.29, 1.82) is 0 Å². The van der Waals surface area contributed by atoms with Crippen LogP contribution in [0.1, 0.15) is 21.7 Å². The van der Waals surface area contributed by atoms with Crippen LogP contribution in [-0.4, -0.2) is 49.1 Å². The molecule has 1 heterocycles. The van der Waals surface area contributed by atoms with Crippen LogP contribution < -0.4 is 5.73 Å². The molecular weight excluding hydrogens is 230 g/mol. The van der Waals surface area contributed by atoms with Gasteiger partial charge in [0.15, 0.2) is 0 Å². The summed E-state index contributed by atoms with van der Waals surface area (Å²) in [4.78, 5) is 18.0. The van der Waals surface area contributed by atoms with Crippen LogP contribution in [0.15, 0.2) is 12.1 Å². The van der Waals surface area contributed by atoms with E-state index in [1.54, 1.807) is 18.0 Å². The molecule has 0 aliphatic heterocycles. The largest absolute Gasteiger partial charge is 0.378 e. The summed E-state index contributed by atoms with van der Waals surface area (Å²) in [7, 11) is 1.74. The summed E-state index contributed by atoms with van der Waals surface area (Å²) in [6, 6.07) is 3.74. The van der Waals surface area contributed by atoms with Crippen LogP contribution in [0.25, 0.3) is 0 Å². The monoisotopic (exact) mass is 251 g/mol. The number of rotatable bonds is 6. The van der Waals surface area contributed by atoms with E-state index < -0.39 is 0 Å². The highest BCUT2D eigenvalue weighted by Gasteiger charge is 2.13. The van der Waals surface area contributed by atoms with Gasteiger partial charge in [0, 0.05) is 25.8 Å². The van der Waals surface area contributed by atoms with Gasteiger partial charge in [-0.1, -0.05) is 0 Å². The van der Waals surface area contributed by atoms with Crippen molar-refractivity contribution in [1.82, 2.24) is 9.88 Å². The number of likely N-dealkylation sites (N-methyl/N-ethyl adjacent to an activating group) is 1. The second-order valence-corrected chi connectivity index (χ2v) is 4.30. The first-order valence-electron chi connectivity index (χ1n) is 6.03. The zero-order valence-corrected chi connectivity index (χ0v) is 11.3. The van der Waals surface area contributed by atoms with Crippen molar-refractivity contribution in [2.45, 2.75) is 13.8 Å². The number of aryl methyl sites for hydroxylation is 2. The van der Waals surface area contributed by atoms with E-state index in [2.05, 4.69) is 4.98 Å². The molecule has 1 amide bonds. The lowest BCUT2D eigenvalue weighted by Gasteiger charge is -2.17. The highest BCUT2D eigenvalue weighted by molar-refractivity contribution is 5.92. The standard InChI is InChI=1S/C13H21N3O2/c1-10-8-11(2)15-12(9-10)13(17)16(3)5-7-18-6-4-14/h8-9H,4-7,14H2,1-3H3. The fourth-order valence-electron chi connectivity index (χ4n) is 1.63. The first-order chi connectivity index (χ1) is 8.54. The van der Waals surface area contributed by atoms with Gasteiger partial charge < -0.3 is 15.4 Å². The number of hydrogen-bond donors (Lipinski definition) is 1. The smallest absolute Gasteiger partial charge is 0.272 e. The van der Waals surface area contributed by atoms with Crippen LogP contribution >= 0.6 is 0 Å². The number of hydrogen-bond acceptors (Lipinski definition) is 4. The predicted molar refractivity (Wildman–Crippen MR) is 70.5 cm³/mol. The lowest BCUT2D eigenvalue weighted by atomic mass is 10.2. The third-order valence-electron chi connectivity index (χ3n) is 2.50. The molecule has 0 saturated heterocycles. The van der Waals surface area contributed by atoms with E-state index in [0.29, 0.717) is 32.0 Å². The van der Waals surface area contributed by atoms with E-state index in [1.165, 1.54) is 0 Å². The molecule has 1 rings (SSSR count). The molecule has 0 unspecified atom stereocenters. The van der Waals surface area contributed by atoms with E-state index >= 15 is 0 Å². The van der Waals surface area contributed by atoms with E-state index in [-0.39, 0.29) is 5.91 Å². The van der Waals surface area contributed by atoms with Gasteiger partial charge in [-0.2, -0.15) is 0 Å². The Balaban J connectivity index is 2.57. The lowest BCUT2D eigenvalue weighted by molar-refractivity contribution is 0.0699. The molecule has 0 aliphatic rings. The molecule has 100 valence electrons. The molecule has 0 radical (unpaired) electrons. The quantitative estimate of drug-likeness (QED) is 0.757. The summed E-state index contributed by atoms with van der Waals surface area (Å²) in [5.74, 6) is -0.0850. The summed E-state index contributed by atoms with van der Waals surface area (Å²) in [6.45, 7) is 5.88. The highest BCUT2D eigenvalue weighted by atomic mass is 16.5. The van der Waals surface area contributed by atoms with Crippen molar-refractivity contribution in [3.8, 4) is 0 Å². The number of amides is 1.